The van der Waals surface area contributed by atoms with E-state index in [-0.39, 0.29) is 36.1 Å². The molecule has 3 N–H and O–H groups in total. The van der Waals surface area contributed by atoms with Crippen LogP contribution in [0.3, 0.4) is 0 Å². The number of carbonyl (C=O) groups excluding carboxylic acids is 1. The molecule has 0 aliphatic carbocycles. The van der Waals surface area contributed by atoms with Crippen LogP contribution in [-0.4, -0.2) is 25.3 Å². The van der Waals surface area contributed by atoms with Gasteiger partial charge >= 0.3 is 6.18 Å². The molecule has 2 aliphatic heterocycles. The van der Waals surface area contributed by atoms with E-state index in [9.17, 15) is 18.0 Å². The number of nitrogens with zero attached hydrogens (tertiary/aromatic N) is 1. The molecular formula is C22H20F3N3O3. The summed E-state index contributed by atoms with van der Waals surface area (Å²) in [6, 6.07) is 8.71. The van der Waals surface area contributed by atoms with Crippen LogP contribution >= 0.6 is 0 Å². The van der Waals surface area contributed by atoms with E-state index in [1.807, 2.05) is 6.08 Å². The average Bonchev–Trinajstić information content (AvgIpc) is 3.19. The van der Waals surface area contributed by atoms with Crippen molar-refractivity contribution in [3.63, 3.8) is 0 Å². The lowest BCUT2D eigenvalue weighted by Crippen LogP contribution is -2.37. The molecule has 0 aromatic heterocycles. The first kappa shape index (κ1) is 20.8. The second kappa shape index (κ2) is 7.98. The van der Waals surface area contributed by atoms with Crippen molar-refractivity contribution in [3.05, 3.63) is 64.9 Å². The van der Waals surface area contributed by atoms with Gasteiger partial charge in [0.05, 0.1) is 30.6 Å². The lowest BCUT2D eigenvalue weighted by molar-refractivity contribution is -0.138. The Hall–Kier alpha value is -3.49. The molecule has 4 rings (SSSR count). The van der Waals surface area contributed by atoms with E-state index in [1.54, 1.807) is 18.2 Å². The van der Waals surface area contributed by atoms with Crippen LogP contribution in [0.5, 0.6) is 11.5 Å². The minimum Gasteiger partial charge on any atom is -0.493 e. The lowest BCUT2D eigenvalue weighted by Gasteiger charge is -2.25. The van der Waals surface area contributed by atoms with E-state index in [2.05, 4.69) is 10.3 Å². The predicted octanol–water partition coefficient (Wildman–Crippen LogP) is 3.82. The maximum atomic E-state index is 13.3. The van der Waals surface area contributed by atoms with Crippen LogP contribution in [0.1, 0.15) is 29.0 Å². The number of alkyl halides is 3. The van der Waals surface area contributed by atoms with Crippen LogP contribution in [0.2, 0.25) is 0 Å². The molecule has 162 valence electrons. The number of amides is 1. The van der Waals surface area contributed by atoms with Crippen molar-refractivity contribution in [2.24, 2.45) is 4.99 Å². The highest BCUT2D eigenvalue weighted by Crippen LogP contribution is 2.37. The number of allylic oxidation sites excluding steroid dienone is 1. The van der Waals surface area contributed by atoms with Gasteiger partial charge in [0.25, 0.3) is 0 Å². The molecule has 2 aromatic rings. The molecule has 1 unspecified atom stereocenters. The third kappa shape index (κ3) is 4.21. The molecule has 2 aliphatic rings. The molecule has 0 radical (unpaired) electrons. The summed E-state index contributed by atoms with van der Waals surface area (Å²) in [5.41, 5.74) is 7.01. The van der Waals surface area contributed by atoms with Gasteiger partial charge in [-0.1, -0.05) is 12.1 Å². The summed E-state index contributed by atoms with van der Waals surface area (Å²) < 4.78 is 51.0. The number of piperidine rings is 1. The van der Waals surface area contributed by atoms with Crippen LogP contribution in [0.4, 0.5) is 18.9 Å². The fourth-order valence-electron chi connectivity index (χ4n) is 3.76. The Morgan fingerprint density at radius 3 is 2.74 bits per heavy atom. The maximum Gasteiger partial charge on any atom is 0.416 e. The third-order valence-corrected chi connectivity index (χ3v) is 5.24. The van der Waals surface area contributed by atoms with Crippen LogP contribution in [0, 0.1) is 0 Å². The number of fused-ring (bicyclic) bond motifs is 1. The molecule has 2 heterocycles. The number of rotatable bonds is 5. The number of anilines is 1. The monoisotopic (exact) mass is 431 g/mol. The largest absolute Gasteiger partial charge is 0.493 e. The maximum absolute atomic E-state index is 13.3. The summed E-state index contributed by atoms with van der Waals surface area (Å²) in [6.45, 7) is 0.208. The molecule has 1 atom stereocenters. The molecule has 6 nitrogen and oxygen atoms in total. The van der Waals surface area contributed by atoms with Crippen molar-refractivity contribution in [1.82, 2.24) is 5.32 Å². The van der Waals surface area contributed by atoms with Crippen LogP contribution in [0.25, 0.3) is 0 Å². The first-order chi connectivity index (χ1) is 14.8. The Kier molecular flexibility index (Phi) is 5.34. The van der Waals surface area contributed by atoms with E-state index >= 15 is 0 Å². The smallest absolute Gasteiger partial charge is 0.416 e. The number of nitrogens with one attached hydrogen (secondary N) is 1. The highest BCUT2D eigenvalue weighted by Gasteiger charge is 2.34. The third-order valence-electron chi connectivity index (χ3n) is 5.24. The SMILES string of the molecule is COc1cc(C2CC(=O)NC3=CCN=C32)ccc1OCc1ccc(N)cc1C(F)(F)F. The number of hydrogen-bond acceptors (Lipinski definition) is 5. The van der Waals surface area contributed by atoms with Crippen LogP contribution in [0.15, 0.2) is 53.2 Å². The highest BCUT2D eigenvalue weighted by atomic mass is 19.4. The number of nitrogens with two attached hydrogens (primary N) is 1. The van der Waals surface area contributed by atoms with Gasteiger partial charge in [0, 0.05) is 23.6 Å². The summed E-state index contributed by atoms with van der Waals surface area (Å²) in [6.07, 6.45) is -2.43. The van der Waals surface area contributed by atoms with Crippen molar-refractivity contribution in [1.29, 1.82) is 0 Å². The quantitative estimate of drug-likeness (QED) is 0.705. The minimum atomic E-state index is -4.54. The summed E-state index contributed by atoms with van der Waals surface area (Å²) in [5, 5.41) is 2.81. The van der Waals surface area contributed by atoms with Crippen LogP contribution < -0.4 is 20.5 Å². The zero-order chi connectivity index (χ0) is 22.2. The lowest BCUT2D eigenvalue weighted by atomic mass is 9.86. The second-order valence-electron chi connectivity index (χ2n) is 7.26. The van der Waals surface area contributed by atoms with Gasteiger partial charge in [0.15, 0.2) is 11.5 Å². The molecule has 0 spiro atoms. The number of halogens is 3. The number of hydrogen-bond donors (Lipinski definition) is 2. The number of benzene rings is 2. The molecule has 0 saturated carbocycles. The van der Waals surface area contributed by atoms with Crippen molar-refractivity contribution in [2.45, 2.75) is 25.1 Å². The predicted molar refractivity (Wildman–Crippen MR) is 109 cm³/mol. The van der Waals surface area contributed by atoms with Gasteiger partial charge < -0.3 is 20.5 Å². The number of ether oxygens (including phenoxy) is 2. The number of carbonyl (C=O) groups is 1. The second-order valence-corrected chi connectivity index (χ2v) is 7.26. The summed E-state index contributed by atoms with van der Waals surface area (Å²) >= 11 is 0. The van der Waals surface area contributed by atoms with Crippen molar-refractivity contribution >= 4 is 17.3 Å². The number of aliphatic imine (C=N–C) groups is 1. The summed E-state index contributed by atoms with van der Waals surface area (Å²) in [5.74, 6) is 0.330. The van der Waals surface area contributed by atoms with Gasteiger partial charge in [0.2, 0.25) is 5.91 Å². The van der Waals surface area contributed by atoms with E-state index in [4.69, 9.17) is 15.2 Å². The van der Waals surface area contributed by atoms with Crippen LogP contribution in [-0.2, 0) is 17.6 Å². The molecule has 0 bridgehead atoms. The molecule has 1 saturated heterocycles. The van der Waals surface area contributed by atoms with Crippen molar-refractivity contribution in [3.8, 4) is 11.5 Å². The van der Waals surface area contributed by atoms with E-state index in [0.717, 1.165) is 23.0 Å². The van der Waals surface area contributed by atoms with Gasteiger partial charge in [-0.05, 0) is 35.9 Å². The first-order valence-electron chi connectivity index (χ1n) is 9.57. The number of methoxy groups -OCH3 is 1. The molecule has 2 aromatic carbocycles. The average molecular weight is 431 g/mol. The zero-order valence-corrected chi connectivity index (χ0v) is 16.6. The highest BCUT2D eigenvalue weighted by molar-refractivity contribution is 6.12. The van der Waals surface area contributed by atoms with Gasteiger partial charge in [-0.15, -0.1) is 0 Å². The Labute approximate surface area is 176 Å². The zero-order valence-electron chi connectivity index (χ0n) is 16.6. The molecule has 9 heteroatoms. The Morgan fingerprint density at radius 1 is 1.19 bits per heavy atom. The van der Waals surface area contributed by atoms with Gasteiger partial charge in [-0.3, -0.25) is 9.79 Å². The number of nitrogen functional groups attached to an aromatic ring is 1. The molecule has 1 fully saturated rings. The Bertz CT molecular complexity index is 1090. The van der Waals surface area contributed by atoms with E-state index in [0.29, 0.717) is 18.0 Å². The standard InChI is InChI=1S/C22H20F3N3O3/c1-30-19-8-12(15-10-20(29)28-17-6-7-27-21(15)17)3-5-18(19)31-11-13-2-4-14(26)9-16(13)22(23,24)25/h2-6,8-9,15H,7,10-11,26H2,1H3,(H,28,29). The first-order valence-corrected chi connectivity index (χ1v) is 9.57. The fourth-order valence-corrected chi connectivity index (χ4v) is 3.76. The Morgan fingerprint density at radius 2 is 2.00 bits per heavy atom. The minimum absolute atomic E-state index is 0.0257. The van der Waals surface area contributed by atoms with Gasteiger partial charge in [-0.25, -0.2) is 0 Å². The summed E-state index contributed by atoms with van der Waals surface area (Å²) in [7, 11) is 1.45. The summed E-state index contributed by atoms with van der Waals surface area (Å²) in [4.78, 5) is 16.5. The van der Waals surface area contributed by atoms with Crippen molar-refractivity contribution in [2.75, 3.05) is 19.4 Å². The topological polar surface area (TPSA) is 85.9 Å². The molecule has 31 heavy (non-hydrogen) atoms. The van der Waals surface area contributed by atoms with E-state index < -0.39 is 11.7 Å². The molecular weight excluding hydrogens is 411 g/mol. The fraction of sp³-hybridized carbons (Fsp3) is 0.273. The van der Waals surface area contributed by atoms with Gasteiger partial charge in [-0.2, -0.15) is 13.2 Å². The van der Waals surface area contributed by atoms with Gasteiger partial charge in [0.1, 0.15) is 6.61 Å². The van der Waals surface area contributed by atoms with Crippen molar-refractivity contribution < 1.29 is 27.4 Å². The normalized spacial score (nSPS) is 18.1. The van der Waals surface area contributed by atoms with E-state index in [1.165, 1.54) is 19.2 Å². The molecule has 1 amide bonds. The Balaban J connectivity index is 1.58.